The smallest absolute Gasteiger partial charge is 0.239 e. The zero-order chi connectivity index (χ0) is 11.4. The Kier molecular flexibility index (Phi) is 4.34. The monoisotopic (exact) mass is 207 g/mol. The van der Waals surface area contributed by atoms with E-state index in [2.05, 4.69) is 32.5 Å². The molecule has 1 aromatic carbocycles. The van der Waals surface area contributed by atoms with E-state index in [-0.39, 0.29) is 5.82 Å². The van der Waals surface area contributed by atoms with Gasteiger partial charge in [-0.25, -0.2) is 4.39 Å². The van der Waals surface area contributed by atoms with Gasteiger partial charge in [0.25, 0.3) is 0 Å². The van der Waals surface area contributed by atoms with E-state index in [1.54, 1.807) is 12.1 Å². The van der Waals surface area contributed by atoms with Crippen LogP contribution in [0.3, 0.4) is 0 Å². The fourth-order valence-electron chi connectivity index (χ4n) is 1.81. The van der Waals surface area contributed by atoms with Crippen LogP contribution in [0.4, 0.5) is 4.39 Å². The third-order valence-corrected chi connectivity index (χ3v) is 2.58. The molecule has 1 rings (SSSR count). The molecule has 0 aromatic heterocycles. The van der Waals surface area contributed by atoms with Crippen LogP contribution in [0.2, 0.25) is 0 Å². The molecule has 0 atom stereocenters. The maximum Gasteiger partial charge on any atom is 0.239 e. The van der Waals surface area contributed by atoms with Crippen molar-refractivity contribution in [2.75, 3.05) is 0 Å². The second-order valence-electron chi connectivity index (χ2n) is 4.49. The van der Waals surface area contributed by atoms with Crippen molar-refractivity contribution in [3.8, 4) is 0 Å². The Hall–Kier alpha value is -0.825. The molecule has 3 heteroatoms. The summed E-state index contributed by atoms with van der Waals surface area (Å²) in [5.74, 6) is -0.153. The average molecular weight is 207 g/mol. The van der Waals surface area contributed by atoms with Crippen molar-refractivity contribution in [3.63, 3.8) is 0 Å². The molecule has 1 nitrogen and oxygen atoms in total. The summed E-state index contributed by atoms with van der Waals surface area (Å²) in [7, 11) is 0.813. The van der Waals surface area contributed by atoms with Gasteiger partial charge in [0.1, 0.15) is 5.82 Å². The van der Waals surface area contributed by atoms with Crippen LogP contribution in [0.15, 0.2) is 24.3 Å². The lowest BCUT2D eigenvalue weighted by molar-refractivity contribution is 0.315. The Morgan fingerprint density at radius 2 is 1.73 bits per heavy atom. The minimum Gasteiger partial charge on any atom is -0.337 e. The lowest BCUT2D eigenvalue weighted by Crippen LogP contribution is -2.45. The first-order chi connectivity index (χ1) is 7.00. The van der Waals surface area contributed by atoms with Crippen LogP contribution in [0.25, 0.3) is 0 Å². The van der Waals surface area contributed by atoms with Crippen molar-refractivity contribution >= 4 is 12.9 Å². The van der Waals surface area contributed by atoms with Gasteiger partial charge in [0.2, 0.25) is 7.41 Å². The predicted octanol–water partition coefficient (Wildman–Crippen LogP) is 1.92. The molecule has 0 aliphatic heterocycles. The molecule has 0 heterocycles. The lowest BCUT2D eigenvalue weighted by Gasteiger charge is -2.30. The van der Waals surface area contributed by atoms with Crippen molar-refractivity contribution in [3.05, 3.63) is 30.1 Å². The van der Waals surface area contributed by atoms with Crippen LogP contribution in [-0.4, -0.2) is 24.3 Å². The minimum atomic E-state index is -0.153. The second-order valence-corrected chi connectivity index (χ2v) is 4.49. The molecule has 0 unspecified atom stereocenters. The molecular formula is C12H19BFN. The van der Waals surface area contributed by atoms with Gasteiger partial charge < -0.3 is 4.81 Å². The van der Waals surface area contributed by atoms with Gasteiger partial charge in [-0.3, -0.25) is 0 Å². The number of rotatable bonds is 4. The largest absolute Gasteiger partial charge is 0.337 e. The number of hydrogen-bond donors (Lipinski definition) is 0. The molecule has 0 N–H and O–H groups in total. The van der Waals surface area contributed by atoms with Crippen molar-refractivity contribution in [1.29, 1.82) is 0 Å². The van der Waals surface area contributed by atoms with E-state index in [9.17, 15) is 4.39 Å². The average Bonchev–Trinajstić information content (AvgIpc) is 2.13. The number of hydrogen-bond acceptors (Lipinski definition) is 1. The maximum atomic E-state index is 13.0. The second kappa shape index (κ2) is 5.31. The van der Waals surface area contributed by atoms with Gasteiger partial charge in [-0.05, 0) is 24.2 Å². The number of halogens is 1. The van der Waals surface area contributed by atoms with Gasteiger partial charge in [-0.15, -0.1) is 0 Å². The van der Waals surface area contributed by atoms with Crippen molar-refractivity contribution < 1.29 is 4.39 Å². The molecule has 15 heavy (non-hydrogen) atoms. The summed E-state index contributed by atoms with van der Waals surface area (Å²) < 4.78 is 13.0. The Labute approximate surface area is 92.6 Å². The van der Waals surface area contributed by atoms with Crippen LogP contribution in [-0.2, 0) is 0 Å². The van der Waals surface area contributed by atoms with E-state index >= 15 is 0 Å². The van der Waals surface area contributed by atoms with E-state index in [1.165, 1.54) is 6.07 Å². The number of benzene rings is 1. The molecule has 1 aromatic rings. The summed E-state index contributed by atoms with van der Waals surface area (Å²) in [6.45, 7) is 8.66. The van der Waals surface area contributed by atoms with Gasteiger partial charge in [0, 0.05) is 0 Å². The summed E-state index contributed by atoms with van der Waals surface area (Å²) in [5, 5.41) is 0. The Balaban J connectivity index is 2.74. The highest BCUT2D eigenvalue weighted by molar-refractivity contribution is 6.50. The Bertz CT molecular complexity index is 304. The lowest BCUT2D eigenvalue weighted by atomic mass is 9.78. The van der Waals surface area contributed by atoms with Crippen molar-refractivity contribution in [2.24, 2.45) is 0 Å². The molecule has 0 bridgehead atoms. The highest BCUT2D eigenvalue weighted by Gasteiger charge is 2.15. The predicted molar refractivity (Wildman–Crippen MR) is 65.3 cm³/mol. The zero-order valence-electron chi connectivity index (χ0n) is 10.00. The topological polar surface area (TPSA) is 3.24 Å². The van der Waals surface area contributed by atoms with Crippen LogP contribution >= 0.6 is 0 Å². The summed E-state index contributed by atoms with van der Waals surface area (Å²) in [6.07, 6.45) is 0. The third-order valence-electron chi connectivity index (χ3n) is 2.58. The van der Waals surface area contributed by atoms with Gasteiger partial charge in [0.05, 0.1) is 0 Å². The zero-order valence-corrected chi connectivity index (χ0v) is 10.00. The molecule has 0 spiro atoms. The quantitative estimate of drug-likeness (QED) is 0.682. The van der Waals surface area contributed by atoms with Gasteiger partial charge in [0.15, 0.2) is 0 Å². The molecule has 0 amide bonds. The highest BCUT2D eigenvalue weighted by atomic mass is 19.1. The molecule has 0 radical (unpaired) electrons. The van der Waals surface area contributed by atoms with E-state index < -0.39 is 0 Å². The molecule has 0 saturated heterocycles. The van der Waals surface area contributed by atoms with Gasteiger partial charge in [-0.1, -0.05) is 45.3 Å². The fraction of sp³-hybridized carbons (Fsp3) is 0.500. The summed E-state index contributed by atoms with van der Waals surface area (Å²) in [5.41, 5.74) is 1.04. The maximum absolute atomic E-state index is 13.0. The molecule has 0 fully saturated rings. The summed E-state index contributed by atoms with van der Waals surface area (Å²) in [6, 6.07) is 7.79. The standard InChI is InChI=1S/C12H19BFN/c1-9(2)15(10(3)4)13-11-6-5-7-12(14)8-11/h5-10,13H,1-4H3. The first-order valence-electron chi connectivity index (χ1n) is 5.51. The summed E-state index contributed by atoms with van der Waals surface area (Å²) in [4.78, 5) is 2.34. The first-order valence-corrected chi connectivity index (χ1v) is 5.51. The van der Waals surface area contributed by atoms with E-state index in [0.29, 0.717) is 12.1 Å². The minimum absolute atomic E-state index is 0.153. The van der Waals surface area contributed by atoms with Crippen molar-refractivity contribution in [1.82, 2.24) is 4.81 Å². The van der Waals surface area contributed by atoms with Crippen LogP contribution in [0.5, 0.6) is 0 Å². The Morgan fingerprint density at radius 1 is 1.13 bits per heavy atom. The van der Waals surface area contributed by atoms with Gasteiger partial charge >= 0.3 is 0 Å². The SMILES string of the molecule is CC(C)N(Bc1cccc(F)c1)C(C)C. The molecule has 0 aliphatic rings. The third kappa shape index (κ3) is 3.67. The first kappa shape index (κ1) is 12.2. The van der Waals surface area contributed by atoms with Gasteiger partial charge in [-0.2, -0.15) is 0 Å². The Morgan fingerprint density at radius 3 is 2.20 bits per heavy atom. The highest BCUT2D eigenvalue weighted by Crippen LogP contribution is 2.03. The van der Waals surface area contributed by atoms with E-state index in [4.69, 9.17) is 0 Å². The summed E-state index contributed by atoms with van der Waals surface area (Å²) >= 11 is 0. The van der Waals surface area contributed by atoms with Crippen LogP contribution in [0.1, 0.15) is 27.7 Å². The molecule has 0 saturated carbocycles. The molecule has 82 valence electrons. The van der Waals surface area contributed by atoms with Crippen molar-refractivity contribution in [2.45, 2.75) is 39.8 Å². The van der Waals surface area contributed by atoms with Crippen LogP contribution < -0.4 is 5.46 Å². The van der Waals surface area contributed by atoms with E-state index in [0.717, 1.165) is 12.9 Å². The van der Waals surface area contributed by atoms with Crippen LogP contribution in [0, 0.1) is 5.82 Å². The normalized spacial score (nSPS) is 11.5. The fourth-order valence-corrected chi connectivity index (χ4v) is 1.81. The molecule has 0 aliphatic carbocycles. The van der Waals surface area contributed by atoms with E-state index in [1.807, 2.05) is 6.07 Å². The molecular weight excluding hydrogens is 188 g/mol. The number of nitrogens with zero attached hydrogens (tertiary/aromatic N) is 1.